The first-order valence-corrected chi connectivity index (χ1v) is 6.23. The minimum absolute atomic E-state index is 0.198. The van der Waals surface area contributed by atoms with Crippen LogP contribution in [0.5, 0.6) is 0 Å². The molecule has 6 heteroatoms. The predicted molar refractivity (Wildman–Crippen MR) is 75.5 cm³/mol. The van der Waals surface area contributed by atoms with Gasteiger partial charge in [0.05, 0.1) is 27.9 Å². The summed E-state index contributed by atoms with van der Waals surface area (Å²) in [5.74, 6) is -1.39. The number of nitrogens with zero attached hydrogens (tertiary/aromatic N) is 1. The van der Waals surface area contributed by atoms with Crippen LogP contribution in [0.2, 0.25) is 10.0 Å². The minimum Gasteiger partial charge on any atom is -0.320 e. The van der Waals surface area contributed by atoms with Crippen LogP contribution in [0.3, 0.4) is 0 Å². The van der Waals surface area contributed by atoms with Gasteiger partial charge in [-0.25, -0.2) is 4.39 Å². The normalized spacial score (nSPS) is 9.90. The molecule has 3 nitrogen and oxygen atoms in total. The van der Waals surface area contributed by atoms with E-state index >= 15 is 0 Å². The SMILES string of the molecule is N#Cc1ccc(Cl)c(NC(=O)c2cc(Cl)ccc2F)c1. The van der Waals surface area contributed by atoms with Crippen molar-refractivity contribution >= 4 is 34.8 Å². The smallest absolute Gasteiger partial charge is 0.258 e. The van der Waals surface area contributed by atoms with Crippen molar-refractivity contribution in [3.05, 3.63) is 63.4 Å². The number of anilines is 1. The highest BCUT2D eigenvalue weighted by Crippen LogP contribution is 2.24. The number of carbonyl (C=O) groups excluding carboxylic acids is 1. The Morgan fingerprint density at radius 2 is 1.95 bits per heavy atom. The van der Waals surface area contributed by atoms with Gasteiger partial charge in [0.1, 0.15) is 5.82 Å². The van der Waals surface area contributed by atoms with Gasteiger partial charge in [-0.2, -0.15) is 5.26 Å². The average Bonchev–Trinajstić information content (AvgIpc) is 2.43. The van der Waals surface area contributed by atoms with Crippen LogP contribution in [0.1, 0.15) is 15.9 Å². The zero-order valence-electron chi connectivity index (χ0n) is 9.95. The molecule has 2 rings (SSSR count). The minimum atomic E-state index is -0.695. The van der Waals surface area contributed by atoms with Gasteiger partial charge in [-0.1, -0.05) is 23.2 Å². The quantitative estimate of drug-likeness (QED) is 0.901. The van der Waals surface area contributed by atoms with Crippen molar-refractivity contribution in [3.63, 3.8) is 0 Å². The van der Waals surface area contributed by atoms with Gasteiger partial charge in [0.2, 0.25) is 0 Å². The predicted octanol–water partition coefficient (Wildman–Crippen LogP) is 4.26. The second kappa shape index (κ2) is 5.91. The molecule has 0 radical (unpaired) electrons. The van der Waals surface area contributed by atoms with Crippen LogP contribution in [0.4, 0.5) is 10.1 Å². The van der Waals surface area contributed by atoms with E-state index in [9.17, 15) is 9.18 Å². The summed E-state index contributed by atoms with van der Waals surface area (Å²) in [6, 6.07) is 9.98. The first-order valence-electron chi connectivity index (χ1n) is 5.47. The largest absolute Gasteiger partial charge is 0.320 e. The van der Waals surface area contributed by atoms with E-state index in [0.29, 0.717) is 5.56 Å². The first-order chi connectivity index (χ1) is 9.51. The van der Waals surface area contributed by atoms with E-state index in [1.165, 1.54) is 30.3 Å². The highest BCUT2D eigenvalue weighted by molar-refractivity contribution is 6.34. The van der Waals surface area contributed by atoms with Gasteiger partial charge in [0, 0.05) is 5.02 Å². The fraction of sp³-hybridized carbons (Fsp3) is 0. The summed E-state index contributed by atoms with van der Waals surface area (Å²) in [7, 11) is 0. The molecular weight excluding hydrogens is 302 g/mol. The molecule has 100 valence electrons. The molecule has 0 unspecified atom stereocenters. The highest BCUT2D eigenvalue weighted by atomic mass is 35.5. The van der Waals surface area contributed by atoms with Gasteiger partial charge in [-0.05, 0) is 36.4 Å². The average molecular weight is 309 g/mol. The van der Waals surface area contributed by atoms with Crippen LogP contribution >= 0.6 is 23.2 Å². The number of amides is 1. The Morgan fingerprint density at radius 1 is 1.20 bits per heavy atom. The van der Waals surface area contributed by atoms with Gasteiger partial charge in [0.25, 0.3) is 5.91 Å². The summed E-state index contributed by atoms with van der Waals surface area (Å²) in [5, 5.41) is 11.7. The van der Waals surface area contributed by atoms with Gasteiger partial charge in [-0.3, -0.25) is 4.79 Å². The fourth-order valence-electron chi connectivity index (χ4n) is 1.55. The lowest BCUT2D eigenvalue weighted by molar-refractivity contribution is 0.102. The molecule has 1 amide bonds. The maximum Gasteiger partial charge on any atom is 0.258 e. The summed E-state index contributed by atoms with van der Waals surface area (Å²) < 4.78 is 13.6. The molecule has 0 saturated carbocycles. The molecule has 0 heterocycles. The fourth-order valence-corrected chi connectivity index (χ4v) is 1.89. The Morgan fingerprint density at radius 3 is 2.65 bits per heavy atom. The summed E-state index contributed by atoms with van der Waals surface area (Å²) in [6.07, 6.45) is 0. The van der Waals surface area contributed by atoms with Crippen LogP contribution in [0.15, 0.2) is 36.4 Å². The van der Waals surface area contributed by atoms with E-state index < -0.39 is 11.7 Å². The monoisotopic (exact) mass is 308 g/mol. The molecule has 0 spiro atoms. The third kappa shape index (κ3) is 3.08. The second-order valence-corrected chi connectivity index (χ2v) is 4.73. The lowest BCUT2D eigenvalue weighted by Crippen LogP contribution is -2.14. The van der Waals surface area contributed by atoms with E-state index in [0.717, 1.165) is 6.07 Å². The zero-order valence-corrected chi connectivity index (χ0v) is 11.5. The molecule has 0 aliphatic heterocycles. The Balaban J connectivity index is 2.33. The zero-order chi connectivity index (χ0) is 14.7. The Bertz CT molecular complexity index is 726. The molecule has 0 aliphatic rings. The van der Waals surface area contributed by atoms with Crippen molar-refractivity contribution in [3.8, 4) is 6.07 Å². The van der Waals surface area contributed by atoms with Gasteiger partial charge >= 0.3 is 0 Å². The van der Waals surface area contributed by atoms with Crippen molar-refractivity contribution in [2.24, 2.45) is 0 Å². The number of benzene rings is 2. The lowest BCUT2D eigenvalue weighted by Gasteiger charge is -2.08. The maximum absolute atomic E-state index is 13.6. The van der Waals surface area contributed by atoms with Crippen LogP contribution in [0.25, 0.3) is 0 Å². The maximum atomic E-state index is 13.6. The number of halogens is 3. The van der Waals surface area contributed by atoms with E-state index in [-0.39, 0.29) is 21.3 Å². The second-order valence-electron chi connectivity index (χ2n) is 3.88. The van der Waals surface area contributed by atoms with E-state index in [1.807, 2.05) is 6.07 Å². The number of nitrogens with one attached hydrogen (secondary N) is 1. The van der Waals surface area contributed by atoms with Crippen LogP contribution in [0, 0.1) is 17.1 Å². The third-order valence-electron chi connectivity index (χ3n) is 2.52. The first kappa shape index (κ1) is 14.3. The standard InChI is InChI=1S/C14H7Cl2FN2O/c15-9-2-4-12(17)10(6-9)14(20)19-13-5-8(7-18)1-3-11(13)16/h1-6H,(H,19,20). The van der Waals surface area contributed by atoms with Gasteiger partial charge < -0.3 is 5.32 Å². The molecule has 0 aliphatic carbocycles. The molecule has 0 saturated heterocycles. The van der Waals surface area contributed by atoms with E-state index in [2.05, 4.69) is 5.32 Å². The molecular formula is C14H7Cl2FN2O. The molecule has 20 heavy (non-hydrogen) atoms. The van der Waals surface area contributed by atoms with Crippen LogP contribution < -0.4 is 5.32 Å². The highest BCUT2D eigenvalue weighted by Gasteiger charge is 2.14. The van der Waals surface area contributed by atoms with Crippen molar-refractivity contribution < 1.29 is 9.18 Å². The Labute approximate surface area is 124 Å². The molecule has 0 fully saturated rings. The summed E-state index contributed by atoms with van der Waals surface area (Å²) in [6.45, 7) is 0. The lowest BCUT2D eigenvalue weighted by atomic mass is 10.1. The van der Waals surface area contributed by atoms with Gasteiger partial charge in [0.15, 0.2) is 0 Å². The van der Waals surface area contributed by atoms with Crippen molar-refractivity contribution in [1.29, 1.82) is 5.26 Å². The summed E-state index contributed by atoms with van der Waals surface area (Å²) in [5.41, 5.74) is 0.363. The number of carbonyl (C=O) groups is 1. The van der Waals surface area contributed by atoms with Crippen LogP contribution in [-0.4, -0.2) is 5.91 Å². The molecule has 2 aromatic carbocycles. The van der Waals surface area contributed by atoms with Gasteiger partial charge in [-0.15, -0.1) is 0 Å². The van der Waals surface area contributed by atoms with E-state index in [4.69, 9.17) is 28.5 Å². The van der Waals surface area contributed by atoms with Crippen LogP contribution in [-0.2, 0) is 0 Å². The molecule has 0 atom stereocenters. The molecule has 0 bridgehead atoms. The van der Waals surface area contributed by atoms with Crippen molar-refractivity contribution in [2.45, 2.75) is 0 Å². The number of hydrogen-bond donors (Lipinski definition) is 1. The molecule has 1 N–H and O–H groups in total. The number of nitriles is 1. The third-order valence-corrected chi connectivity index (χ3v) is 3.08. The number of rotatable bonds is 2. The van der Waals surface area contributed by atoms with E-state index in [1.54, 1.807) is 0 Å². The molecule has 2 aromatic rings. The molecule has 0 aromatic heterocycles. The van der Waals surface area contributed by atoms with Crippen molar-refractivity contribution in [1.82, 2.24) is 0 Å². The Kier molecular flexibility index (Phi) is 4.23. The van der Waals surface area contributed by atoms with Crippen molar-refractivity contribution in [2.75, 3.05) is 5.32 Å². The number of hydrogen-bond acceptors (Lipinski definition) is 2. The Hall–Kier alpha value is -2.09. The summed E-state index contributed by atoms with van der Waals surface area (Å²) in [4.78, 5) is 12.0. The summed E-state index contributed by atoms with van der Waals surface area (Å²) >= 11 is 11.6. The topological polar surface area (TPSA) is 52.9 Å².